The van der Waals surface area contributed by atoms with Gasteiger partial charge < -0.3 is 15.5 Å². The molecule has 10 nitrogen and oxygen atoms in total. The lowest BCUT2D eigenvalue weighted by Gasteiger charge is -2.24. The first-order chi connectivity index (χ1) is 20.0. The Balaban J connectivity index is 1.50. The normalized spacial score (nSPS) is 15.3. The van der Waals surface area contributed by atoms with Gasteiger partial charge in [-0.3, -0.25) is 4.79 Å². The lowest BCUT2D eigenvalue weighted by Crippen LogP contribution is -2.32. The third kappa shape index (κ3) is 5.32. The van der Waals surface area contributed by atoms with Crippen LogP contribution in [-0.2, 0) is 35.7 Å². The number of benzene rings is 2. The number of pyridine rings is 1. The number of carbonyl (C=O) groups is 1. The average molecular weight is 596 g/mol. The Morgan fingerprint density at radius 1 is 1.00 bits per heavy atom. The molecule has 5 heterocycles. The largest absolute Gasteiger partial charge is 0.421 e. The van der Waals surface area contributed by atoms with Gasteiger partial charge in [0, 0.05) is 48.0 Å². The number of hydrogen-bond donors (Lipinski definition) is 2. The quantitative estimate of drug-likeness (QED) is 0.324. The summed E-state index contributed by atoms with van der Waals surface area (Å²) < 4.78 is 68.7. The summed E-state index contributed by atoms with van der Waals surface area (Å²) in [6.07, 6.45) is -1.07. The maximum absolute atomic E-state index is 13.9. The molecule has 8 bridgehead atoms. The van der Waals surface area contributed by atoms with Crippen LogP contribution in [0.5, 0.6) is 0 Å². The zero-order valence-electron chi connectivity index (χ0n) is 22.2. The Bertz CT molecular complexity index is 1810. The van der Waals surface area contributed by atoms with Crippen LogP contribution in [0, 0.1) is 0 Å². The minimum absolute atomic E-state index is 0.0323. The summed E-state index contributed by atoms with van der Waals surface area (Å²) in [5, 5.41) is 5.66. The zero-order valence-corrected chi connectivity index (χ0v) is 23.0. The Hall–Kier alpha value is -4.72. The Labute approximate surface area is 239 Å². The Morgan fingerprint density at radius 2 is 1.83 bits per heavy atom. The van der Waals surface area contributed by atoms with E-state index in [9.17, 15) is 26.4 Å². The van der Waals surface area contributed by atoms with Gasteiger partial charge in [-0.1, -0.05) is 18.2 Å². The van der Waals surface area contributed by atoms with Crippen molar-refractivity contribution in [2.45, 2.75) is 25.7 Å². The van der Waals surface area contributed by atoms with Crippen molar-refractivity contribution < 1.29 is 26.4 Å². The molecule has 2 N–H and O–H groups in total. The second-order valence-corrected chi connectivity index (χ2v) is 11.8. The van der Waals surface area contributed by atoms with Crippen molar-refractivity contribution in [3.63, 3.8) is 0 Å². The van der Waals surface area contributed by atoms with E-state index in [1.165, 1.54) is 6.20 Å². The average Bonchev–Trinajstić information content (AvgIpc) is 3.36. The van der Waals surface area contributed by atoms with Gasteiger partial charge >= 0.3 is 6.18 Å². The number of fused-ring (bicyclic) bond motifs is 3. The van der Waals surface area contributed by atoms with Gasteiger partial charge in [-0.15, -0.1) is 0 Å². The Morgan fingerprint density at radius 3 is 2.62 bits per heavy atom. The highest BCUT2D eigenvalue weighted by Crippen LogP contribution is 2.36. The highest BCUT2D eigenvalue weighted by Gasteiger charge is 2.35. The van der Waals surface area contributed by atoms with E-state index >= 15 is 0 Å². The van der Waals surface area contributed by atoms with Crippen molar-refractivity contribution in [2.24, 2.45) is 0 Å². The lowest BCUT2D eigenvalue weighted by molar-refractivity contribution is -0.137. The number of nitrogens with zero attached hydrogens (tertiary/aromatic N) is 5. The van der Waals surface area contributed by atoms with Crippen molar-refractivity contribution in [3.05, 3.63) is 94.8 Å². The molecule has 4 aromatic rings. The predicted molar refractivity (Wildman–Crippen MR) is 151 cm³/mol. The van der Waals surface area contributed by atoms with Gasteiger partial charge in [-0.2, -0.15) is 18.2 Å². The highest BCUT2D eigenvalue weighted by molar-refractivity contribution is 7.92. The fraction of sp³-hybridized carbons (Fsp3) is 0.214. The molecule has 0 aliphatic carbocycles. The summed E-state index contributed by atoms with van der Waals surface area (Å²) in [7, 11) is -3.91. The number of carbonyl (C=O) groups excluding carboxylic acids is 1. The molecule has 0 unspecified atom stereocenters. The molecule has 3 aliphatic heterocycles. The van der Waals surface area contributed by atoms with E-state index in [1.54, 1.807) is 53.4 Å². The third-order valence-electron chi connectivity index (χ3n) is 7.02. The van der Waals surface area contributed by atoms with E-state index in [-0.39, 0.29) is 30.8 Å². The SMILES string of the molecule is CS(=O)(=O)N1Cc2cccc(c2)C(=O)N2CCc3cc(ccc32)Nc2ncc(C(F)(F)F)c(n2)NCc2cccnc21. The van der Waals surface area contributed by atoms with Gasteiger partial charge in [0.05, 0.1) is 12.8 Å². The summed E-state index contributed by atoms with van der Waals surface area (Å²) in [6, 6.07) is 15.1. The second-order valence-electron chi connectivity index (χ2n) is 9.94. The molecule has 0 radical (unpaired) electrons. The topological polar surface area (TPSA) is 120 Å². The first kappa shape index (κ1) is 27.4. The van der Waals surface area contributed by atoms with Crippen LogP contribution >= 0.6 is 0 Å². The number of alkyl halides is 3. The molecule has 0 saturated carbocycles. The van der Waals surface area contributed by atoms with Gasteiger partial charge in [-0.25, -0.2) is 22.7 Å². The van der Waals surface area contributed by atoms with E-state index in [0.717, 1.165) is 16.1 Å². The van der Waals surface area contributed by atoms with Crippen LogP contribution in [0.25, 0.3) is 0 Å². The first-order valence-electron chi connectivity index (χ1n) is 12.9. The molecule has 0 atom stereocenters. The van der Waals surface area contributed by atoms with Crippen LogP contribution in [0.2, 0.25) is 0 Å². The number of aromatic nitrogens is 3. The van der Waals surface area contributed by atoms with Gasteiger partial charge in [0.25, 0.3) is 5.91 Å². The smallest absolute Gasteiger partial charge is 0.365 e. The third-order valence-corrected chi connectivity index (χ3v) is 8.12. The van der Waals surface area contributed by atoms with Crippen LogP contribution in [0.4, 0.5) is 42.1 Å². The number of rotatable bonds is 1. The van der Waals surface area contributed by atoms with Crippen LogP contribution in [0.15, 0.2) is 67.0 Å². The predicted octanol–water partition coefficient (Wildman–Crippen LogP) is 4.73. The van der Waals surface area contributed by atoms with E-state index in [4.69, 9.17) is 0 Å². The van der Waals surface area contributed by atoms with Crippen molar-refractivity contribution in [1.29, 1.82) is 0 Å². The number of hydrogen-bond acceptors (Lipinski definition) is 8. The molecule has 7 rings (SSSR count). The summed E-state index contributed by atoms with van der Waals surface area (Å²) in [5.41, 5.74) is 2.29. The van der Waals surface area contributed by atoms with E-state index in [2.05, 4.69) is 25.6 Å². The second kappa shape index (κ2) is 10.3. The summed E-state index contributed by atoms with van der Waals surface area (Å²) in [5.74, 6) is -0.762. The highest BCUT2D eigenvalue weighted by atomic mass is 32.2. The van der Waals surface area contributed by atoms with Gasteiger partial charge in [0.2, 0.25) is 16.0 Å². The molecule has 0 saturated heterocycles. The van der Waals surface area contributed by atoms with Crippen molar-refractivity contribution in [2.75, 3.05) is 32.6 Å². The maximum Gasteiger partial charge on any atom is 0.421 e. The molecule has 0 fully saturated rings. The van der Waals surface area contributed by atoms with Crippen LogP contribution in [0.3, 0.4) is 0 Å². The molecule has 14 heteroatoms. The van der Waals surface area contributed by atoms with E-state index in [1.807, 2.05) is 6.07 Å². The van der Waals surface area contributed by atoms with Crippen molar-refractivity contribution >= 4 is 44.9 Å². The summed E-state index contributed by atoms with van der Waals surface area (Å²) in [4.78, 5) is 27.5. The molecule has 0 spiro atoms. The molecule has 42 heavy (non-hydrogen) atoms. The van der Waals surface area contributed by atoms with Crippen LogP contribution in [-0.4, -0.2) is 42.1 Å². The summed E-state index contributed by atoms with van der Waals surface area (Å²) in [6.45, 7) is 0.0554. The first-order valence-corrected chi connectivity index (χ1v) is 14.7. The maximum atomic E-state index is 13.9. The standard InChI is InChI=1S/C28H24F3N7O3S/c1-42(40,41)38-16-17-4-2-5-19(12-17)26(39)37-11-9-18-13-21(7-8-23(18)37)35-27-34-15-22(28(29,30)31)24(36-27)33-14-20-6-3-10-32-25(20)38/h2-8,10,12-13,15H,9,11,14,16H2,1H3,(H2,33,34,35,36). The molecular formula is C28H24F3N7O3S. The molecule has 216 valence electrons. The summed E-state index contributed by atoms with van der Waals surface area (Å²) >= 11 is 0. The van der Waals surface area contributed by atoms with Gasteiger partial charge in [0.1, 0.15) is 17.2 Å². The van der Waals surface area contributed by atoms with Crippen LogP contribution in [0.1, 0.15) is 32.6 Å². The monoisotopic (exact) mass is 595 g/mol. The number of halogens is 3. The number of anilines is 5. The fourth-order valence-corrected chi connectivity index (χ4v) is 5.91. The zero-order chi connectivity index (χ0) is 29.6. The molecule has 1 amide bonds. The molecular weight excluding hydrogens is 571 g/mol. The van der Waals surface area contributed by atoms with Crippen molar-refractivity contribution in [3.8, 4) is 0 Å². The molecule has 3 aliphatic rings. The fourth-order valence-electron chi connectivity index (χ4n) is 5.05. The lowest BCUT2D eigenvalue weighted by atomic mass is 10.1. The van der Waals surface area contributed by atoms with Crippen LogP contribution < -0.4 is 19.8 Å². The van der Waals surface area contributed by atoms with Gasteiger partial charge in [0.15, 0.2) is 0 Å². The number of amides is 1. The van der Waals surface area contributed by atoms with E-state index < -0.39 is 27.6 Å². The van der Waals surface area contributed by atoms with Crippen molar-refractivity contribution in [1.82, 2.24) is 15.0 Å². The minimum Gasteiger partial charge on any atom is -0.365 e. The van der Waals surface area contributed by atoms with Gasteiger partial charge in [-0.05, 0) is 53.9 Å². The molecule has 2 aromatic heterocycles. The number of sulfonamides is 1. The Kier molecular flexibility index (Phi) is 6.72. The minimum atomic E-state index is -4.75. The molecule has 2 aromatic carbocycles. The number of nitrogens with one attached hydrogen (secondary N) is 2. The van der Waals surface area contributed by atoms with E-state index in [0.29, 0.717) is 47.2 Å².